The molecule has 4 aromatic rings. The predicted octanol–water partition coefficient (Wildman–Crippen LogP) is 8.79. The van der Waals surface area contributed by atoms with Gasteiger partial charge in [0.15, 0.2) is 22.8 Å². The molecular weight excluding hydrogens is 745 g/mol. The molecule has 0 saturated carbocycles. The van der Waals surface area contributed by atoms with E-state index in [1.807, 2.05) is 159 Å². The lowest BCUT2D eigenvalue weighted by atomic mass is 10.2. The molecule has 60 heavy (non-hydrogen) atoms. The molecular formula is C48H52N12. The molecule has 0 spiro atoms. The zero-order valence-corrected chi connectivity index (χ0v) is 35.7. The van der Waals surface area contributed by atoms with Gasteiger partial charge in [0.25, 0.3) is 0 Å². The summed E-state index contributed by atoms with van der Waals surface area (Å²) in [6.45, 7) is 12.2. The van der Waals surface area contributed by atoms with Crippen LogP contribution in [0.1, 0.15) is 49.9 Å². The van der Waals surface area contributed by atoms with Gasteiger partial charge in [0.2, 0.25) is 0 Å². The van der Waals surface area contributed by atoms with E-state index in [4.69, 9.17) is 0 Å². The van der Waals surface area contributed by atoms with Crippen LogP contribution in [0, 0.1) is 45.3 Å². The monoisotopic (exact) mass is 796 g/mol. The highest BCUT2D eigenvalue weighted by atomic mass is 15.1. The van der Waals surface area contributed by atoms with Crippen molar-refractivity contribution >= 4 is 47.6 Å². The topological polar surface area (TPSA) is 158 Å². The van der Waals surface area contributed by atoms with Gasteiger partial charge in [-0.1, -0.05) is 48.5 Å². The molecule has 0 aliphatic carbocycles. The van der Waals surface area contributed by atoms with E-state index in [1.54, 1.807) is 24.9 Å². The van der Waals surface area contributed by atoms with Crippen molar-refractivity contribution in [3.8, 4) is 24.3 Å². The third-order valence-electron chi connectivity index (χ3n) is 9.11. The SMILES string of the molecule is CCN(CC)c1ccc(C=N/C(C#N)=C(\C#N)N=Cc2ccc(N(CC)CC)cc2)cc1.CN(C)c1ccc(C=N/C(C#N)=C(\C#N)N=Cc2ccc(N(C)C)cc2)cc1. The van der Waals surface area contributed by atoms with Crippen molar-refractivity contribution in [3.63, 3.8) is 0 Å². The Balaban J connectivity index is 0.000000323. The summed E-state index contributed by atoms with van der Waals surface area (Å²) < 4.78 is 0. The van der Waals surface area contributed by atoms with Crippen molar-refractivity contribution in [2.45, 2.75) is 27.7 Å². The summed E-state index contributed by atoms with van der Waals surface area (Å²) in [6, 6.07) is 39.1. The van der Waals surface area contributed by atoms with Gasteiger partial charge in [0.1, 0.15) is 24.3 Å². The number of aliphatic imine (C=N–C) groups is 4. The normalized spacial score (nSPS) is 11.8. The van der Waals surface area contributed by atoms with Crippen molar-refractivity contribution in [2.24, 2.45) is 20.0 Å². The molecule has 0 aliphatic rings. The highest BCUT2D eigenvalue weighted by Crippen LogP contribution is 2.17. The molecule has 0 amide bonds. The summed E-state index contributed by atoms with van der Waals surface area (Å²) in [7, 11) is 7.85. The Morgan fingerprint density at radius 2 is 0.583 bits per heavy atom. The molecule has 0 aromatic heterocycles. The first-order valence-electron chi connectivity index (χ1n) is 19.5. The molecule has 12 heteroatoms. The number of anilines is 4. The zero-order chi connectivity index (χ0) is 43.9. The first kappa shape index (κ1) is 46.6. The van der Waals surface area contributed by atoms with E-state index in [2.05, 4.69) is 57.5 Å². The van der Waals surface area contributed by atoms with Gasteiger partial charge < -0.3 is 19.6 Å². The Kier molecular flexibility index (Phi) is 19.2. The molecule has 304 valence electrons. The second-order valence-electron chi connectivity index (χ2n) is 13.4. The maximum absolute atomic E-state index is 9.48. The molecule has 0 atom stereocenters. The minimum atomic E-state index is -0.0275. The van der Waals surface area contributed by atoms with Crippen LogP contribution in [0.4, 0.5) is 22.7 Å². The van der Waals surface area contributed by atoms with E-state index in [1.165, 1.54) is 0 Å². The number of hydrogen-bond donors (Lipinski definition) is 0. The molecule has 0 heterocycles. The quantitative estimate of drug-likeness (QED) is 0.0804. The van der Waals surface area contributed by atoms with Gasteiger partial charge >= 0.3 is 0 Å². The largest absolute Gasteiger partial charge is 0.378 e. The Morgan fingerprint density at radius 1 is 0.383 bits per heavy atom. The Morgan fingerprint density at radius 3 is 0.750 bits per heavy atom. The fourth-order valence-corrected chi connectivity index (χ4v) is 5.57. The van der Waals surface area contributed by atoms with Gasteiger partial charge in [-0.15, -0.1) is 0 Å². The first-order chi connectivity index (χ1) is 29.0. The van der Waals surface area contributed by atoms with Crippen LogP contribution in [0.5, 0.6) is 0 Å². The van der Waals surface area contributed by atoms with Crippen LogP contribution < -0.4 is 19.6 Å². The molecule has 0 radical (unpaired) electrons. The third-order valence-corrected chi connectivity index (χ3v) is 9.11. The predicted molar refractivity (Wildman–Crippen MR) is 248 cm³/mol. The average molecular weight is 797 g/mol. The lowest BCUT2D eigenvalue weighted by molar-refractivity contribution is 0.866. The summed E-state index contributed by atoms with van der Waals surface area (Å²) in [4.78, 5) is 25.2. The van der Waals surface area contributed by atoms with Gasteiger partial charge in [0, 0.05) is 102 Å². The fourth-order valence-electron chi connectivity index (χ4n) is 5.57. The van der Waals surface area contributed by atoms with Crippen LogP contribution in [-0.2, 0) is 0 Å². The summed E-state index contributed by atoms with van der Waals surface area (Å²) in [5.74, 6) is 0. The van der Waals surface area contributed by atoms with E-state index in [0.29, 0.717) is 0 Å². The number of allylic oxidation sites excluding steroid dienone is 4. The van der Waals surface area contributed by atoms with Crippen molar-refractivity contribution in [3.05, 3.63) is 142 Å². The van der Waals surface area contributed by atoms with E-state index in [-0.39, 0.29) is 22.8 Å². The van der Waals surface area contributed by atoms with Gasteiger partial charge in [-0.3, -0.25) is 0 Å². The van der Waals surface area contributed by atoms with Crippen molar-refractivity contribution < 1.29 is 0 Å². The Labute approximate surface area is 355 Å². The molecule has 0 saturated heterocycles. The van der Waals surface area contributed by atoms with E-state index >= 15 is 0 Å². The summed E-state index contributed by atoms with van der Waals surface area (Å²) in [6.07, 6.45) is 6.26. The van der Waals surface area contributed by atoms with E-state index in [9.17, 15) is 21.0 Å². The molecule has 0 N–H and O–H groups in total. The number of benzene rings is 4. The summed E-state index contributed by atoms with van der Waals surface area (Å²) in [5, 5.41) is 37.7. The van der Waals surface area contributed by atoms with Gasteiger partial charge in [0.05, 0.1) is 0 Å². The van der Waals surface area contributed by atoms with Gasteiger partial charge in [-0.2, -0.15) is 21.0 Å². The molecule has 0 bridgehead atoms. The van der Waals surface area contributed by atoms with Crippen molar-refractivity contribution in [2.75, 3.05) is 74.0 Å². The highest BCUT2D eigenvalue weighted by Gasteiger charge is 2.06. The van der Waals surface area contributed by atoms with Crippen LogP contribution >= 0.6 is 0 Å². The molecule has 0 fully saturated rings. The summed E-state index contributed by atoms with van der Waals surface area (Å²) in [5.41, 5.74) is 7.68. The minimum absolute atomic E-state index is 0.0173. The lowest BCUT2D eigenvalue weighted by Crippen LogP contribution is -2.21. The highest BCUT2D eigenvalue weighted by molar-refractivity contribution is 5.84. The van der Waals surface area contributed by atoms with Crippen molar-refractivity contribution in [1.29, 1.82) is 21.0 Å². The number of nitriles is 4. The molecule has 4 aromatic carbocycles. The van der Waals surface area contributed by atoms with Gasteiger partial charge in [-0.25, -0.2) is 20.0 Å². The van der Waals surface area contributed by atoms with Crippen LogP contribution in [0.3, 0.4) is 0 Å². The number of nitrogens with zero attached hydrogens (tertiary/aromatic N) is 12. The smallest absolute Gasteiger partial charge is 0.176 e. The molecule has 0 aliphatic heterocycles. The van der Waals surface area contributed by atoms with Gasteiger partial charge in [-0.05, 0) is 98.5 Å². The maximum Gasteiger partial charge on any atom is 0.176 e. The second kappa shape index (κ2) is 24.8. The van der Waals surface area contributed by atoms with Crippen LogP contribution in [0.25, 0.3) is 0 Å². The molecule has 4 rings (SSSR count). The first-order valence-corrected chi connectivity index (χ1v) is 19.5. The van der Waals surface area contributed by atoms with Crippen LogP contribution in [0.2, 0.25) is 0 Å². The molecule has 12 nitrogen and oxygen atoms in total. The van der Waals surface area contributed by atoms with E-state index in [0.717, 1.165) is 71.2 Å². The maximum atomic E-state index is 9.48. The van der Waals surface area contributed by atoms with Crippen molar-refractivity contribution in [1.82, 2.24) is 0 Å². The van der Waals surface area contributed by atoms with Crippen LogP contribution in [0.15, 0.2) is 140 Å². The number of hydrogen-bond acceptors (Lipinski definition) is 12. The average Bonchev–Trinajstić information content (AvgIpc) is 3.28. The molecule has 0 unspecified atom stereocenters. The standard InChI is InChI=1S/C26H30N6.C22H22N6/c1-5-31(6-2)23-13-9-21(10-14-23)19-29-25(17-27)26(18-28)30-20-22-11-15-24(16-12-22)32(7-3)8-4;1-27(2)19-9-5-17(6-10-19)15-25-21(13-23)22(14-24)26-16-18-7-11-20(12-8-18)28(3)4/h9-16,19-20H,5-8H2,1-4H3;5-12,15-16H,1-4H3/b26-25+,29-19?,30-20?;22-21+,25-15?,26-16?. The Bertz CT molecular complexity index is 2160. The fraction of sp³-hybridized carbons (Fsp3) is 0.250. The van der Waals surface area contributed by atoms with E-state index < -0.39 is 0 Å². The zero-order valence-electron chi connectivity index (χ0n) is 35.7. The Hall–Kier alpha value is -7.80. The second-order valence-corrected chi connectivity index (χ2v) is 13.4. The summed E-state index contributed by atoms with van der Waals surface area (Å²) >= 11 is 0. The minimum Gasteiger partial charge on any atom is -0.378 e. The third kappa shape index (κ3) is 14.3. The van der Waals surface area contributed by atoms with Crippen LogP contribution in [-0.4, -0.2) is 79.2 Å². The lowest BCUT2D eigenvalue weighted by Gasteiger charge is -2.20. The number of rotatable bonds is 16.